The number of rotatable bonds is 2. The predicted molar refractivity (Wildman–Crippen MR) is 68.3 cm³/mol. The highest BCUT2D eigenvalue weighted by molar-refractivity contribution is 6.23. The minimum Gasteiger partial charge on any atom is -0.504 e. The summed E-state index contributed by atoms with van der Waals surface area (Å²) in [5, 5.41) is 18.8. The molecule has 0 amide bonds. The molecule has 112 valence electrons. The van der Waals surface area contributed by atoms with Crippen LogP contribution in [0.15, 0.2) is 0 Å². The van der Waals surface area contributed by atoms with E-state index in [4.69, 9.17) is 0 Å². The fraction of sp³-hybridized carbons (Fsp3) is 0.769. The van der Waals surface area contributed by atoms with E-state index in [9.17, 15) is 30.1 Å². The standard InChI is InChI=1S/C13H20N2O5/c1-10(2,3)12(8(17)18)7(16)13(9(19)20,15(12)14)11(4,5)6/h1-6H3,(H,17,18)(H,19,20). The van der Waals surface area contributed by atoms with Gasteiger partial charge in [0.05, 0.1) is 0 Å². The lowest BCUT2D eigenvalue weighted by molar-refractivity contribution is -0.709. The van der Waals surface area contributed by atoms with Crippen molar-refractivity contribution in [1.82, 2.24) is 0 Å². The molecule has 1 aliphatic rings. The lowest BCUT2D eigenvalue weighted by atomic mass is 9.52. The second-order valence-corrected chi connectivity index (χ2v) is 7.17. The molecule has 0 radical (unpaired) electrons. The molecule has 2 atom stereocenters. The van der Waals surface area contributed by atoms with Crippen LogP contribution >= 0.6 is 0 Å². The maximum absolute atomic E-state index is 12.6. The Labute approximate surface area is 117 Å². The largest absolute Gasteiger partial charge is 0.504 e. The first kappa shape index (κ1) is 16.3. The van der Waals surface area contributed by atoms with E-state index >= 15 is 0 Å². The average Bonchev–Trinajstić information content (AvgIpc) is 2.11. The Hall–Kier alpha value is -1.79. The first-order valence-corrected chi connectivity index (χ1v) is 6.21. The second-order valence-electron chi connectivity index (χ2n) is 7.17. The zero-order valence-corrected chi connectivity index (χ0v) is 12.5. The van der Waals surface area contributed by atoms with Crippen molar-refractivity contribution in [3.63, 3.8) is 0 Å². The fourth-order valence-corrected chi connectivity index (χ4v) is 2.99. The average molecular weight is 284 g/mol. The Balaban J connectivity index is 3.68. The summed E-state index contributed by atoms with van der Waals surface area (Å²) in [4.78, 5) is 35.8. The van der Waals surface area contributed by atoms with E-state index < -0.39 is 39.6 Å². The molecule has 0 aliphatic carbocycles. The third-order valence-corrected chi connectivity index (χ3v) is 4.08. The zero-order valence-electron chi connectivity index (χ0n) is 12.5. The molecule has 20 heavy (non-hydrogen) atoms. The highest BCUT2D eigenvalue weighted by atomic mass is 16.4. The van der Waals surface area contributed by atoms with Crippen molar-refractivity contribution in [2.75, 3.05) is 0 Å². The molecule has 1 fully saturated rings. The van der Waals surface area contributed by atoms with Gasteiger partial charge in [0.15, 0.2) is 0 Å². The predicted octanol–water partition coefficient (Wildman–Crippen LogP) is 1.34. The van der Waals surface area contributed by atoms with Crippen LogP contribution in [0, 0.1) is 10.8 Å². The number of carbonyl (C=O) groups excluding carboxylic acids is 1. The minimum atomic E-state index is -2.27. The first-order chi connectivity index (χ1) is 8.70. The van der Waals surface area contributed by atoms with Crippen LogP contribution in [-0.2, 0) is 14.4 Å². The van der Waals surface area contributed by atoms with Gasteiger partial charge in [-0.25, -0.2) is 9.59 Å². The second kappa shape index (κ2) is 3.86. The van der Waals surface area contributed by atoms with Gasteiger partial charge < -0.3 is 15.7 Å². The molecule has 0 aromatic rings. The van der Waals surface area contributed by atoms with Crippen LogP contribution in [0.3, 0.4) is 0 Å². The molecule has 1 heterocycles. The maximum atomic E-state index is 12.6. The van der Waals surface area contributed by atoms with Gasteiger partial charge in [-0.2, -0.15) is 0 Å². The molecule has 1 rings (SSSR count). The van der Waals surface area contributed by atoms with E-state index in [1.54, 1.807) is 0 Å². The van der Waals surface area contributed by atoms with Gasteiger partial charge >= 0.3 is 23.0 Å². The third-order valence-electron chi connectivity index (χ3n) is 4.08. The summed E-state index contributed by atoms with van der Waals surface area (Å²) < 4.78 is 0.215. The van der Waals surface area contributed by atoms with Crippen molar-refractivity contribution in [2.24, 2.45) is 10.8 Å². The topological polar surface area (TPSA) is 117 Å². The van der Waals surface area contributed by atoms with Gasteiger partial charge in [0.2, 0.25) is 0 Å². The highest BCUT2D eigenvalue weighted by Gasteiger charge is 2.88. The smallest absolute Gasteiger partial charge is 0.384 e. The van der Waals surface area contributed by atoms with Crippen molar-refractivity contribution in [3.8, 4) is 0 Å². The summed E-state index contributed by atoms with van der Waals surface area (Å²) in [5.74, 6) is -4.12. The summed E-state index contributed by atoms with van der Waals surface area (Å²) >= 11 is 0. The molecule has 1 aliphatic heterocycles. The first-order valence-electron chi connectivity index (χ1n) is 6.21. The fourth-order valence-electron chi connectivity index (χ4n) is 2.99. The van der Waals surface area contributed by atoms with Crippen LogP contribution in [-0.4, -0.2) is 43.7 Å². The molecular weight excluding hydrogens is 264 g/mol. The van der Waals surface area contributed by atoms with Crippen LogP contribution in [0.4, 0.5) is 0 Å². The van der Waals surface area contributed by atoms with Crippen molar-refractivity contribution in [1.29, 1.82) is 0 Å². The van der Waals surface area contributed by atoms with Crippen molar-refractivity contribution < 1.29 is 29.3 Å². The molecule has 0 aromatic heterocycles. The van der Waals surface area contributed by atoms with Gasteiger partial charge in [0.25, 0.3) is 5.78 Å². The van der Waals surface area contributed by atoms with Crippen LogP contribution in [0.25, 0.3) is 5.53 Å². The summed E-state index contributed by atoms with van der Waals surface area (Å²) in [6.45, 7) is 8.81. The van der Waals surface area contributed by atoms with Crippen LogP contribution in [0.2, 0.25) is 0 Å². The quantitative estimate of drug-likeness (QED) is 0.586. The lowest BCUT2D eigenvalue weighted by Crippen LogP contribution is -2.88. The summed E-state index contributed by atoms with van der Waals surface area (Å²) in [5.41, 5.74) is 3.43. The maximum Gasteiger partial charge on any atom is 0.384 e. The Morgan fingerprint density at radius 1 is 0.950 bits per heavy atom. The minimum absolute atomic E-state index is 0.215. The molecule has 1 saturated heterocycles. The molecule has 2 N–H and O–H groups in total. The zero-order chi connectivity index (χ0) is 16.3. The van der Waals surface area contributed by atoms with Crippen molar-refractivity contribution in [3.05, 3.63) is 5.53 Å². The van der Waals surface area contributed by atoms with E-state index in [-0.39, 0.29) is 4.70 Å². The number of carboxylic acids is 2. The van der Waals surface area contributed by atoms with Gasteiger partial charge in [-0.1, -0.05) is 41.5 Å². The third kappa shape index (κ3) is 1.38. The number of nitrogens with zero attached hydrogens (tertiary/aromatic N) is 2. The molecule has 0 spiro atoms. The van der Waals surface area contributed by atoms with Gasteiger partial charge in [-0.15, -0.1) is 0 Å². The van der Waals surface area contributed by atoms with E-state index in [1.165, 1.54) is 41.5 Å². The summed E-state index contributed by atoms with van der Waals surface area (Å²) in [7, 11) is 0. The number of hydrogen-bond acceptors (Lipinski definition) is 3. The van der Waals surface area contributed by atoms with Gasteiger partial charge in [-0.05, 0) is 0 Å². The van der Waals surface area contributed by atoms with Gasteiger partial charge in [-0.3, -0.25) is 9.49 Å². The van der Waals surface area contributed by atoms with Crippen LogP contribution < -0.4 is 0 Å². The monoisotopic (exact) mass is 284 g/mol. The number of aliphatic carboxylic acids is 2. The van der Waals surface area contributed by atoms with E-state index in [2.05, 4.69) is 0 Å². The number of carbonyl (C=O) groups is 3. The Morgan fingerprint density at radius 3 is 1.30 bits per heavy atom. The summed E-state index contributed by atoms with van der Waals surface area (Å²) in [6.07, 6.45) is 0. The number of ketones is 1. The molecule has 2 unspecified atom stereocenters. The molecular formula is C13H20N2O5. The highest BCUT2D eigenvalue weighted by Crippen LogP contribution is 2.54. The summed E-state index contributed by atoms with van der Waals surface area (Å²) in [6, 6.07) is 0. The Morgan fingerprint density at radius 2 is 1.20 bits per heavy atom. The molecule has 7 nitrogen and oxygen atoms in total. The van der Waals surface area contributed by atoms with Crippen molar-refractivity contribution in [2.45, 2.75) is 52.6 Å². The van der Waals surface area contributed by atoms with Crippen molar-refractivity contribution >= 4 is 17.7 Å². The number of carboxylic acid groups (broad SMARTS) is 2. The van der Waals surface area contributed by atoms with Gasteiger partial charge in [0, 0.05) is 10.8 Å². The lowest BCUT2D eigenvalue weighted by Gasteiger charge is -2.56. The van der Waals surface area contributed by atoms with E-state index in [0.29, 0.717) is 0 Å². The van der Waals surface area contributed by atoms with Crippen LogP contribution in [0.1, 0.15) is 41.5 Å². The number of Topliss-reactive ketones (excluding diaryl/α,β-unsaturated/α-hetero) is 1. The molecule has 0 aromatic carbocycles. The molecule has 7 heteroatoms. The molecule has 0 bridgehead atoms. The SMILES string of the molecule is CC(C)(C)C1(C(=O)O)C(=O)C(C(=O)O)(C(C)(C)C)[N+]1=[N-]. The Bertz CT molecular complexity index is 462. The van der Waals surface area contributed by atoms with Crippen LogP contribution in [0.5, 0.6) is 0 Å². The van der Waals surface area contributed by atoms with E-state index in [1.807, 2.05) is 0 Å². The Kier molecular flexibility index (Phi) is 3.14. The van der Waals surface area contributed by atoms with Gasteiger partial charge in [0.1, 0.15) is 0 Å². The van der Waals surface area contributed by atoms with E-state index in [0.717, 1.165) is 0 Å². The molecule has 0 saturated carbocycles. The normalized spacial score (nSPS) is 30.9. The number of hydrogen-bond donors (Lipinski definition) is 2.